The van der Waals surface area contributed by atoms with E-state index < -0.39 is 0 Å². The Kier molecular flexibility index (Phi) is 4.20. The molecule has 0 bridgehead atoms. The third kappa shape index (κ3) is 3.01. The van der Waals surface area contributed by atoms with Crippen LogP contribution in [-0.2, 0) is 6.54 Å². The van der Waals surface area contributed by atoms with Crippen LogP contribution in [0.25, 0.3) is 0 Å². The van der Waals surface area contributed by atoms with Crippen molar-refractivity contribution in [3.8, 4) is 0 Å². The summed E-state index contributed by atoms with van der Waals surface area (Å²) in [5.41, 5.74) is 1.23. The lowest BCUT2D eigenvalue weighted by atomic mass is 10.1. The Morgan fingerprint density at radius 3 is 2.83 bits per heavy atom. The number of nitrogens with one attached hydrogen (secondary N) is 1. The lowest BCUT2D eigenvalue weighted by molar-refractivity contribution is 0.784. The zero-order valence-electron chi connectivity index (χ0n) is 10.3. The van der Waals surface area contributed by atoms with Gasteiger partial charge in [-0.15, -0.1) is 6.58 Å². The number of hydrogen-bond acceptors (Lipinski definition) is 2. The molecular formula is C14H16BrN3. The van der Waals surface area contributed by atoms with Crippen molar-refractivity contribution in [1.29, 1.82) is 0 Å². The lowest BCUT2D eigenvalue weighted by Gasteiger charge is -2.16. The number of imidazole rings is 1. The number of allylic oxidation sites excluding steroid dienone is 1. The molecule has 0 amide bonds. The smallest absolute Gasteiger partial charge is 0.203 e. The number of anilines is 1. The highest BCUT2D eigenvalue weighted by molar-refractivity contribution is 9.10. The van der Waals surface area contributed by atoms with E-state index in [1.807, 2.05) is 29.0 Å². The van der Waals surface area contributed by atoms with Crippen LogP contribution in [-0.4, -0.2) is 9.55 Å². The molecule has 2 aromatic rings. The summed E-state index contributed by atoms with van der Waals surface area (Å²) >= 11 is 3.44. The summed E-state index contributed by atoms with van der Waals surface area (Å²) < 4.78 is 3.12. The highest BCUT2D eigenvalue weighted by atomic mass is 79.9. The first-order chi connectivity index (χ1) is 8.70. The van der Waals surface area contributed by atoms with Gasteiger partial charge in [-0.2, -0.15) is 0 Å². The van der Waals surface area contributed by atoms with Gasteiger partial charge in [-0.3, -0.25) is 0 Å². The van der Waals surface area contributed by atoms with Gasteiger partial charge in [0.2, 0.25) is 5.95 Å². The molecule has 18 heavy (non-hydrogen) atoms. The van der Waals surface area contributed by atoms with Crippen molar-refractivity contribution >= 4 is 21.9 Å². The maximum absolute atomic E-state index is 4.31. The second kappa shape index (κ2) is 5.87. The fraction of sp³-hybridized carbons (Fsp3) is 0.214. The maximum atomic E-state index is 4.31. The minimum absolute atomic E-state index is 0.212. The summed E-state index contributed by atoms with van der Waals surface area (Å²) in [6.07, 6.45) is 5.59. The number of benzene rings is 1. The molecule has 0 radical (unpaired) electrons. The van der Waals surface area contributed by atoms with E-state index >= 15 is 0 Å². The van der Waals surface area contributed by atoms with Gasteiger partial charge in [-0.05, 0) is 24.6 Å². The quantitative estimate of drug-likeness (QED) is 0.846. The molecule has 4 heteroatoms. The summed E-state index contributed by atoms with van der Waals surface area (Å²) in [7, 11) is 0. The number of nitrogens with zero attached hydrogens (tertiary/aromatic N) is 2. The van der Waals surface area contributed by atoms with Gasteiger partial charge >= 0.3 is 0 Å². The summed E-state index contributed by atoms with van der Waals surface area (Å²) in [6.45, 7) is 6.62. The van der Waals surface area contributed by atoms with Gasteiger partial charge in [-0.25, -0.2) is 4.98 Å². The summed E-state index contributed by atoms with van der Waals surface area (Å²) in [5, 5.41) is 3.40. The molecule has 1 unspecified atom stereocenters. The molecule has 1 atom stereocenters. The number of hydrogen-bond donors (Lipinski definition) is 1. The molecule has 0 spiro atoms. The topological polar surface area (TPSA) is 29.9 Å². The van der Waals surface area contributed by atoms with E-state index in [4.69, 9.17) is 0 Å². The van der Waals surface area contributed by atoms with Gasteiger partial charge in [0.15, 0.2) is 0 Å². The molecular weight excluding hydrogens is 290 g/mol. The van der Waals surface area contributed by atoms with E-state index in [1.165, 1.54) is 5.56 Å². The third-order valence-electron chi connectivity index (χ3n) is 2.76. The van der Waals surface area contributed by atoms with Crippen molar-refractivity contribution in [3.05, 3.63) is 59.4 Å². The van der Waals surface area contributed by atoms with Crippen LogP contribution >= 0.6 is 15.9 Å². The predicted octanol–water partition coefficient (Wildman–Crippen LogP) is 4.00. The molecule has 0 fully saturated rings. The van der Waals surface area contributed by atoms with E-state index in [-0.39, 0.29) is 6.04 Å². The molecule has 0 saturated heterocycles. The van der Waals surface area contributed by atoms with Crippen molar-refractivity contribution in [2.24, 2.45) is 0 Å². The Morgan fingerprint density at radius 2 is 2.17 bits per heavy atom. The van der Waals surface area contributed by atoms with E-state index in [2.05, 4.69) is 51.9 Å². The fourth-order valence-corrected chi connectivity index (χ4v) is 2.03. The van der Waals surface area contributed by atoms with Crippen LogP contribution in [0.2, 0.25) is 0 Å². The Bertz CT molecular complexity index is 516. The molecule has 0 aliphatic heterocycles. The zero-order valence-corrected chi connectivity index (χ0v) is 11.9. The van der Waals surface area contributed by atoms with Gasteiger partial charge in [-0.1, -0.05) is 34.1 Å². The Balaban J connectivity index is 2.10. The van der Waals surface area contributed by atoms with Crippen LogP contribution in [0.5, 0.6) is 0 Å². The van der Waals surface area contributed by atoms with Gasteiger partial charge < -0.3 is 9.88 Å². The van der Waals surface area contributed by atoms with Gasteiger partial charge in [0.25, 0.3) is 0 Å². The van der Waals surface area contributed by atoms with E-state index in [0.29, 0.717) is 0 Å². The molecule has 1 N–H and O–H groups in total. The van der Waals surface area contributed by atoms with E-state index in [1.54, 1.807) is 6.20 Å². The molecule has 0 saturated carbocycles. The highest BCUT2D eigenvalue weighted by Crippen LogP contribution is 2.20. The van der Waals surface area contributed by atoms with Gasteiger partial charge in [0, 0.05) is 23.4 Å². The maximum Gasteiger partial charge on any atom is 0.203 e. The van der Waals surface area contributed by atoms with Crippen molar-refractivity contribution in [3.63, 3.8) is 0 Å². The first-order valence-corrected chi connectivity index (χ1v) is 6.64. The van der Waals surface area contributed by atoms with Gasteiger partial charge in [0.05, 0.1) is 6.04 Å². The van der Waals surface area contributed by atoms with E-state index in [9.17, 15) is 0 Å². The Hall–Kier alpha value is -1.55. The zero-order chi connectivity index (χ0) is 13.0. The van der Waals surface area contributed by atoms with E-state index in [0.717, 1.165) is 17.0 Å². The SMILES string of the molecule is C=CCn1ccnc1NC(C)c1ccc(Br)cc1. The van der Waals surface area contributed by atoms with Crippen molar-refractivity contribution < 1.29 is 0 Å². The highest BCUT2D eigenvalue weighted by Gasteiger charge is 2.08. The third-order valence-corrected chi connectivity index (χ3v) is 3.29. The molecule has 94 valence electrons. The Labute approximate surface area is 116 Å². The second-order valence-electron chi connectivity index (χ2n) is 4.11. The van der Waals surface area contributed by atoms with Crippen LogP contribution < -0.4 is 5.32 Å². The average molecular weight is 306 g/mol. The number of rotatable bonds is 5. The number of aromatic nitrogens is 2. The summed E-state index contributed by atoms with van der Waals surface area (Å²) in [5.74, 6) is 0.866. The minimum Gasteiger partial charge on any atom is -0.349 e. The van der Waals surface area contributed by atoms with Crippen LogP contribution in [0.15, 0.2) is 53.8 Å². The first-order valence-electron chi connectivity index (χ1n) is 5.84. The van der Waals surface area contributed by atoms with Crippen LogP contribution in [0.1, 0.15) is 18.5 Å². The molecule has 2 rings (SSSR count). The number of halogens is 1. The molecule has 1 aromatic heterocycles. The second-order valence-corrected chi connectivity index (χ2v) is 5.03. The Morgan fingerprint density at radius 1 is 1.44 bits per heavy atom. The van der Waals surface area contributed by atoms with Crippen LogP contribution in [0.4, 0.5) is 5.95 Å². The summed E-state index contributed by atoms with van der Waals surface area (Å²) in [6, 6.07) is 8.50. The predicted molar refractivity (Wildman–Crippen MR) is 78.6 cm³/mol. The van der Waals surface area contributed by atoms with Crippen molar-refractivity contribution in [2.75, 3.05) is 5.32 Å². The van der Waals surface area contributed by atoms with Crippen molar-refractivity contribution in [1.82, 2.24) is 9.55 Å². The van der Waals surface area contributed by atoms with Crippen LogP contribution in [0.3, 0.4) is 0 Å². The molecule has 3 nitrogen and oxygen atoms in total. The first kappa shape index (κ1) is 12.9. The standard InChI is InChI=1S/C14H16BrN3/c1-3-9-18-10-8-16-14(18)17-11(2)12-4-6-13(15)7-5-12/h3-8,10-11H,1,9H2,2H3,(H,16,17). The van der Waals surface area contributed by atoms with Crippen LogP contribution in [0, 0.1) is 0 Å². The normalized spacial score (nSPS) is 12.1. The molecule has 1 aromatic carbocycles. The summed E-state index contributed by atoms with van der Waals surface area (Å²) in [4.78, 5) is 4.31. The molecule has 1 heterocycles. The molecule has 0 aliphatic rings. The van der Waals surface area contributed by atoms with Crippen molar-refractivity contribution in [2.45, 2.75) is 19.5 Å². The largest absolute Gasteiger partial charge is 0.349 e. The minimum atomic E-state index is 0.212. The lowest BCUT2D eigenvalue weighted by Crippen LogP contribution is -2.11. The average Bonchev–Trinajstić information content (AvgIpc) is 2.78. The van der Waals surface area contributed by atoms with Gasteiger partial charge in [0.1, 0.15) is 0 Å². The fourth-order valence-electron chi connectivity index (χ4n) is 1.76. The monoisotopic (exact) mass is 305 g/mol. The molecule has 0 aliphatic carbocycles.